The van der Waals surface area contributed by atoms with E-state index in [9.17, 15) is 13.2 Å². The van der Waals surface area contributed by atoms with Crippen LogP contribution >= 0.6 is 0 Å². The average Bonchev–Trinajstić information content (AvgIpc) is 2.55. The Kier molecular flexibility index (Phi) is 5.57. The Balaban J connectivity index is 2.59. The van der Waals surface area contributed by atoms with Gasteiger partial charge in [0.1, 0.15) is 0 Å². The van der Waals surface area contributed by atoms with E-state index in [0.29, 0.717) is 17.5 Å². The SMILES string of the molecule is CC(C)=CCN(c1ccccc1C=O)S(=O)(=O)c1ccc(C)cc1. The summed E-state index contributed by atoms with van der Waals surface area (Å²) in [5.74, 6) is 0. The molecule has 5 heteroatoms. The molecular formula is C19H21NO3S. The lowest BCUT2D eigenvalue weighted by molar-refractivity contribution is 0.112. The van der Waals surface area contributed by atoms with E-state index in [0.717, 1.165) is 11.1 Å². The number of benzene rings is 2. The van der Waals surface area contributed by atoms with Crippen LogP contribution in [0, 0.1) is 6.92 Å². The van der Waals surface area contributed by atoms with Crippen molar-refractivity contribution in [2.24, 2.45) is 0 Å². The van der Waals surface area contributed by atoms with Crippen molar-refractivity contribution in [3.05, 3.63) is 71.3 Å². The molecule has 2 aromatic rings. The highest BCUT2D eigenvalue weighted by Gasteiger charge is 2.25. The van der Waals surface area contributed by atoms with Crippen molar-refractivity contribution in [2.75, 3.05) is 10.8 Å². The number of aldehydes is 1. The molecule has 0 aromatic heterocycles. The van der Waals surface area contributed by atoms with Gasteiger partial charge in [-0.2, -0.15) is 0 Å². The lowest BCUT2D eigenvalue weighted by atomic mass is 10.2. The highest BCUT2D eigenvalue weighted by molar-refractivity contribution is 7.92. The fourth-order valence-corrected chi connectivity index (χ4v) is 3.67. The van der Waals surface area contributed by atoms with Gasteiger partial charge in [0, 0.05) is 5.56 Å². The summed E-state index contributed by atoms with van der Waals surface area (Å²) in [7, 11) is -3.77. The monoisotopic (exact) mass is 343 g/mol. The molecule has 0 fully saturated rings. The van der Waals surface area contributed by atoms with E-state index in [2.05, 4.69) is 0 Å². The normalized spacial score (nSPS) is 11.0. The predicted molar refractivity (Wildman–Crippen MR) is 97.0 cm³/mol. The van der Waals surface area contributed by atoms with Crippen LogP contribution in [0.4, 0.5) is 5.69 Å². The van der Waals surface area contributed by atoms with E-state index < -0.39 is 10.0 Å². The number of rotatable bonds is 6. The molecule has 126 valence electrons. The van der Waals surface area contributed by atoms with Gasteiger partial charge in [0.2, 0.25) is 0 Å². The van der Waals surface area contributed by atoms with Crippen LogP contribution in [0.5, 0.6) is 0 Å². The number of hydrogen-bond donors (Lipinski definition) is 0. The van der Waals surface area contributed by atoms with Gasteiger partial charge in [-0.25, -0.2) is 8.42 Å². The fourth-order valence-electron chi connectivity index (χ4n) is 2.24. The van der Waals surface area contributed by atoms with Crippen molar-refractivity contribution in [3.63, 3.8) is 0 Å². The summed E-state index contributed by atoms with van der Waals surface area (Å²) in [4.78, 5) is 11.5. The van der Waals surface area contributed by atoms with Gasteiger partial charge in [0.25, 0.3) is 10.0 Å². The zero-order valence-corrected chi connectivity index (χ0v) is 14.9. The van der Waals surface area contributed by atoms with Crippen molar-refractivity contribution in [1.29, 1.82) is 0 Å². The summed E-state index contributed by atoms with van der Waals surface area (Å²) in [5.41, 5.74) is 2.71. The largest absolute Gasteiger partial charge is 0.298 e. The maximum Gasteiger partial charge on any atom is 0.264 e. The molecule has 4 nitrogen and oxygen atoms in total. The Morgan fingerprint density at radius 2 is 1.67 bits per heavy atom. The second kappa shape index (κ2) is 7.45. The van der Waals surface area contributed by atoms with Crippen molar-refractivity contribution in [3.8, 4) is 0 Å². The minimum atomic E-state index is -3.77. The standard InChI is InChI=1S/C19H21NO3S/c1-15(2)12-13-20(19-7-5-4-6-17(19)14-21)24(22,23)18-10-8-16(3)9-11-18/h4-12,14H,13H2,1-3H3. The van der Waals surface area contributed by atoms with E-state index in [1.165, 1.54) is 4.31 Å². The number of carbonyl (C=O) groups is 1. The third-order valence-corrected chi connectivity index (χ3v) is 5.40. The zero-order chi connectivity index (χ0) is 17.7. The van der Waals surface area contributed by atoms with Gasteiger partial charge in [-0.3, -0.25) is 9.10 Å². The van der Waals surface area contributed by atoms with Gasteiger partial charge in [0.15, 0.2) is 6.29 Å². The molecule has 0 atom stereocenters. The molecule has 2 rings (SSSR count). The molecule has 0 aliphatic heterocycles. The number of sulfonamides is 1. The minimum absolute atomic E-state index is 0.170. The first-order valence-electron chi connectivity index (χ1n) is 7.63. The van der Waals surface area contributed by atoms with Gasteiger partial charge in [0.05, 0.1) is 17.1 Å². The topological polar surface area (TPSA) is 54.5 Å². The highest BCUT2D eigenvalue weighted by Crippen LogP contribution is 2.26. The Hall–Kier alpha value is -2.40. The van der Waals surface area contributed by atoms with Crippen LogP contribution in [-0.4, -0.2) is 21.2 Å². The second-order valence-corrected chi connectivity index (χ2v) is 7.67. The summed E-state index contributed by atoms with van der Waals surface area (Å²) in [6.45, 7) is 5.88. The molecule has 0 bridgehead atoms. The van der Waals surface area contributed by atoms with Crippen LogP contribution in [-0.2, 0) is 10.0 Å². The molecule has 2 aromatic carbocycles. The van der Waals surface area contributed by atoms with Gasteiger partial charge in [-0.15, -0.1) is 0 Å². The highest BCUT2D eigenvalue weighted by atomic mass is 32.2. The molecule has 0 radical (unpaired) electrons. The molecular weight excluding hydrogens is 322 g/mol. The summed E-state index contributed by atoms with van der Waals surface area (Å²) >= 11 is 0. The number of para-hydroxylation sites is 1. The number of hydrogen-bond acceptors (Lipinski definition) is 3. The predicted octanol–water partition coefficient (Wildman–Crippen LogP) is 3.97. The third-order valence-electron chi connectivity index (χ3n) is 3.61. The summed E-state index contributed by atoms with van der Waals surface area (Å²) in [6.07, 6.45) is 2.50. The van der Waals surface area contributed by atoms with E-state index in [4.69, 9.17) is 0 Å². The zero-order valence-electron chi connectivity index (χ0n) is 14.1. The van der Waals surface area contributed by atoms with Gasteiger partial charge < -0.3 is 0 Å². The van der Waals surface area contributed by atoms with Crippen molar-refractivity contribution in [1.82, 2.24) is 0 Å². The maximum absolute atomic E-state index is 13.1. The molecule has 0 saturated carbocycles. The quantitative estimate of drug-likeness (QED) is 0.589. The molecule has 24 heavy (non-hydrogen) atoms. The minimum Gasteiger partial charge on any atom is -0.298 e. The second-order valence-electron chi connectivity index (χ2n) is 5.81. The Morgan fingerprint density at radius 3 is 2.25 bits per heavy atom. The number of allylic oxidation sites excluding steroid dienone is 1. The van der Waals surface area contributed by atoms with Crippen LogP contribution in [0.15, 0.2) is 65.1 Å². The van der Waals surface area contributed by atoms with Crippen LogP contribution in [0.3, 0.4) is 0 Å². The summed E-state index contributed by atoms with van der Waals surface area (Å²) < 4.78 is 27.5. The van der Waals surface area contributed by atoms with E-state index in [-0.39, 0.29) is 11.4 Å². The van der Waals surface area contributed by atoms with Crippen molar-refractivity contribution < 1.29 is 13.2 Å². The number of anilines is 1. The van der Waals surface area contributed by atoms with E-state index >= 15 is 0 Å². The smallest absolute Gasteiger partial charge is 0.264 e. The summed E-state index contributed by atoms with van der Waals surface area (Å²) in [5, 5.41) is 0. The molecule has 0 aliphatic carbocycles. The Labute approximate surface area is 143 Å². The average molecular weight is 343 g/mol. The molecule has 0 unspecified atom stereocenters. The fraction of sp³-hybridized carbons (Fsp3) is 0.211. The Bertz CT molecular complexity index is 848. The van der Waals surface area contributed by atoms with Crippen LogP contribution in [0.25, 0.3) is 0 Å². The first-order valence-corrected chi connectivity index (χ1v) is 9.07. The number of carbonyl (C=O) groups excluding carboxylic acids is 1. The molecule has 0 aliphatic rings. The lowest BCUT2D eigenvalue weighted by Crippen LogP contribution is -2.32. The van der Waals surface area contributed by atoms with E-state index in [1.54, 1.807) is 48.5 Å². The maximum atomic E-state index is 13.1. The first kappa shape index (κ1) is 17.9. The van der Waals surface area contributed by atoms with Gasteiger partial charge >= 0.3 is 0 Å². The Morgan fingerprint density at radius 1 is 1.04 bits per heavy atom. The number of aryl methyl sites for hydroxylation is 1. The molecule has 0 heterocycles. The van der Waals surface area contributed by atoms with Crippen molar-refractivity contribution in [2.45, 2.75) is 25.7 Å². The lowest BCUT2D eigenvalue weighted by Gasteiger charge is -2.24. The van der Waals surface area contributed by atoms with Crippen LogP contribution in [0.2, 0.25) is 0 Å². The molecule has 0 amide bonds. The first-order chi connectivity index (χ1) is 11.4. The van der Waals surface area contributed by atoms with Crippen molar-refractivity contribution >= 4 is 22.0 Å². The molecule has 0 saturated heterocycles. The summed E-state index contributed by atoms with van der Waals surface area (Å²) in [6, 6.07) is 13.4. The van der Waals surface area contributed by atoms with Gasteiger partial charge in [-0.05, 0) is 45.0 Å². The third kappa shape index (κ3) is 3.92. The van der Waals surface area contributed by atoms with Crippen LogP contribution in [0.1, 0.15) is 29.8 Å². The van der Waals surface area contributed by atoms with E-state index in [1.807, 2.05) is 26.8 Å². The molecule has 0 spiro atoms. The number of nitrogens with zero attached hydrogens (tertiary/aromatic N) is 1. The van der Waals surface area contributed by atoms with Crippen LogP contribution < -0.4 is 4.31 Å². The van der Waals surface area contributed by atoms with Gasteiger partial charge in [-0.1, -0.05) is 41.5 Å². The molecule has 0 N–H and O–H groups in total.